The summed E-state index contributed by atoms with van der Waals surface area (Å²) in [5.74, 6) is -0.105. The Kier molecular flexibility index (Phi) is 3.75. The molecule has 1 aliphatic rings. The molecule has 0 aromatic heterocycles. The number of nitrogens with zero attached hydrogens (tertiary/aromatic N) is 1. The van der Waals surface area contributed by atoms with Crippen molar-refractivity contribution in [3.05, 3.63) is 88.0 Å². The lowest BCUT2D eigenvalue weighted by molar-refractivity contribution is -0.129. The molecular weight excluding hydrogens is 366 g/mol. The van der Waals surface area contributed by atoms with E-state index in [1.54, 1.807) is 6.08 Å². The summed E-state index contributed by atoms with van der Waals surface area (Å²) in [7, 11) is 0. The minimum absolute atomic E-state index is 0.306. The Labute approximate surface area is 147 Å². The van der Waals surface area contributed by atoms with Crippen LogP contribution in [0.2, 0.25) is 0 Å². The predicted octanol–water partition coefficient (Wildman–Crippen LogP) is 4.95. The number of aliphatic imine (C=N–C) groups is 1. The third-order valence-electron chi connectivity index (χ3n) is 3.77. The fourth-order valence-electron chi connectivity index (χ4n) is 2.61. The first-order chi connectivity index (χ1) is 11.7. The summed E-state index contributed by atoms with van der Waals surface area (Å²) >= 11 is 3.41. The third-order valence-corrected chi connectivity index (χ3v) is 4.26. The molecule has 0 bridgehead atoms. The molecule has 0 N–H and O–H groups in total. The van der Waals surface area contributed by atoms with Crippen LogP contribution in [-0.4, -0.2) is 11.9 Å². The molecular formula is C20H12BrNO2. The molecule has 4 heteroatoms. The maximum absolute atomic E-state index is 12.1. The van der Waals surface area contributed by atoms with Gasteiger partial charge in [-0.3, -0.25) is 0 Å². The number of carbonyl (C=O) groups excluding carboxylic acids is 1. The summed E-state index contributed by atoms with van der Waals surface area (Å²) in [6.07, 6.45) is 1.75. The Morgan fingerprint density at radius 3 is 2.58 bits per heavy atom. The van der Waals surface area contributed by atoms with E-state index >= 15 is 0 Å². The number of halogens is 1. The van der Waals surface area contributed by atoms with E-state index in [0.29, 0.717) is 11.6 Å². The standard InChI is InChI=1S/C20H12BrNO2/c21-17-7-3-6-16(12-17)19-22-18(20(23)24-19)11-13-8-9-14-4-1-2-5-15(14)10-13/h1-12H/b18-11+. The quantitative estimate of drug-likeness (QED) is 0.468. The number of esters is 1. The van der Waals surface area contributed by atoms with Crippen LogP contribution in [-0.2, 0) is 9.53 Å². The van der Waals surface area contributed by atoms with Crippen molar-refractivity contribution < 1.29 is 9.53 Å². The van der Waals surface area contributed by atoms with E-state index in [9.17, 15) is 4.79 Å². The molecule has 0 unspecified atom stereocenters. The highest BCUT2D eigenvalue weighted by Gasteiger charge is 2.24. The zero-order valence-corrected chi connectivity index (χ0v) is 14.2. The van der Waals surface area contributed by atoms with Crippen molar-refractivity contribution >= 4 is 44.6 Å². The second-order valence-electron chi connectivity index (χ2n) is 5.45. The van der Waals surface area contributed by atoms with E-state index in [1.807, 2.05) is 60.7 Å². The van der Waals surface area contributed by atoms with Gasteiger partial charge in [-0.05, 0) is 46.7 Å². The molecule has 0 fully saturated rings. The minimum Gasteiger partial charge on any atom is -0.402 e. The van der Waals surface area contributed by atoms with Crippen LogP contribution < -0.4 is 0 Å². The zero-order chi connectivity index (χ0) is 16.5. The molecule has 4 rings (SSSR count). The van der Waals surface area contributed by atoms with Gasteiger partial charge in [-0.1, -0.05) is 58.4 Å². The summed E-state index contributed by atoms with van der Waals surface area (Å²) < 4.78 is 6.20. The smallest absolute Gasteiger partial charge is 0.363 e. The van der Waals surface area contributed by atoms with Crippen LogP contribution in [0.4, 0.5) is 0 Å². The zero-order valence-electron chi connectivity index (χ0n) is 12.6. The fourth-order valence-corrected chi connectivity index (χ4v) is 3.01. The van der Waals surface area contributed by atoms with Gasteiger partial charge in [0.2, 0.25) is 5.90 Å². The van der Waals surface area contributed by atoms with Crippen molar-refractivity contribution in [2.24, 2.45) is 4.99 Å². The van der Waals surface area contributed by atoms with Crippen LogP contribution in [0.1, 0.15) is 11.1 Å². The first-order valence-corrected chi connectivity index (χ1v) is 8.26. The largest absolute Gasteiger partial charge is 0.402 e. The summed E-state index contributed by atoms with van der Waals surface area (Å²) in [6, 6.07) is 21.6. The summed E-state index contributed by atoms with van der Waals surface area (Å²) in [5, 5.41) is 2.28. The van der Waals surface area contributed by atoms with Gasteiger partial charge >= 0.3 is 5.97 Å². The first-order valence-electron chi connectivity index (χ1n) is 7.46. The summed E-state index contributed by atoms with van der Waals surface area (Å²) in [4.78, 5) is 16.4. The number of carbonyl (C=O) groups is 1. The highest BCUT2D eigenvalue weighted by Crippen LogP contribution is 2.23. The number of cyclic esters (lactones) is 1. The van der Waals surface area contributed by atoms with E-state index in [-0.39, 0.29) is 0 Å². The van der Waals surface area contributed by atoms with Crippen molar-refractivity contribution in [1.29, 1.82) is 0 Å². The fraction of sp³-hybridized carbons (Fsp3) is 0. The molecule has 3 aromatic carbocycles. The van der Waals surface area contributed by atoms with Crippen molar-refractivity contribution in [3.8, 4) is 0 Å². The molecule has 3 aromatic rings. The van der Waals surface area contributed by atoms with Gasteiger partial charge in [-0.15, -0.1) is 0 Å². The average molecular weight is 378 g/mol. The van der Waals surface area contributed by atoms with E-state index in [4.69, 9.17) is 4.74 Å². The lowest BCUT2D eigenvalue weighted by Gasteiger charge is -1.99. The van der Waals surface area contributed by atoms with Crippen molar-refractivity contribution in [2.75, 3.05) is 0 Å². The Morgan fingerprint density at radius 1 is 0.917 bits per heavy atom. The Hall–Kier alpha value is -2.72. The second-order valence-corrected chi connectivity index (χ2v) is 6.37. The molecule has 0 amide bonds. The first kappa shape index (κ1) is 14.8. The van der Waals surface area contributed by atoms with Crippen LogP contribution in [0.5, 0.6) is 0 Å². The van der Waals surface area contributed by atoms with Gasteiger partial charge in [-0.25, -0.2) is 9.79 Å². The monoisotopic (exact) mass is 377 g/mol. The Morgan fingerprint density at radius 2 is 1.75 bits per heavy atom. The van der Waals surface area contributed by atoms with Crippen LogP contribution in [0.25, 0.3) is 16.8 Å². The SMILES string of the molecule is O=C1OC(c2cccc(Br)c2)=N/C1=C/c1ccc2ccccc2c1. The maximum atomic E-state index is 12.1. The number of ether oxygens (including phenoxy) is 1. The lowest BCUT2D eigenvalue weighted by Crippen LogP contribution is -2.05. The second kappa shape index (κ2) is 6.06. The number of benzene rings is 3. The molecule has 1 aliphatic heterocycles. The molecule has 3 nitrogen and oxygen atoms in total. The molecule has 0 aliphatic carbocycles. The van der Waals surface area contributed by atoms with E-state index in [0.717, 1.165) is 26.4 Å². The van der Waals surface area contributed by atoms with E-state index in [2.05, 4.69) is 27.0 Å². The summed E-state index contributed by atoms with van der Waals surface area (Å²) in [5.41, 5.74) is 1.99. The van der Waals surface area contributed by atoms with Crippen LogP contribution in [0.3, 0.4) is 0 Å². The predicted molar refractivity (Wildman–Crippen MR) is 98.7 cm³/mol. The highest BCUT2D eigenvalue weighted by molar-refractivity contribution is 9.10. The van der Waals surface area contributed by atoms with Crippen molar-refractivity contribution in [2.45, 2.75) is 0 Å². The number of fused-ring (bicyclic) bond motifs is 1. The third kappa shape index (κ3) is 2.88. The van der Waals surface area contributed by atoms with Gasteiger partial charge in [0, 0.05) is 10.0 Å². The van der Waals surface area contributed by atoms with E-state index in [1.165, 1.54) is 0 Å². The van der Waals surface area contributed by atoms with Crippen LogP contribution >= 0.6 is 15.9 Å². The minimum atomic E-state index is -0.432. The molecule has 0 spiro atoms. The molecule has 0 saturated heterocycles. The average Bonchev–Trinajstić information content (AvgIpc) is 2.96. The van der Waals surface area contributed by atoms with Gasteiger partial charge < -0.3 is 4.74 Å². The molecule has 0 saturated carbocycles. The molecule has 0 radical (unpaired) electrons. The van der Waals surface area contributed by atoms with Crippen molar-refractivity contribution in [3.63, 3.8) is 0 Å². The lowest BCUT2D eigenvalue weighted by atomic mass is 10.1. The van der Waals surface area contributed by atoms with Crippen LogP contribution in [0, 0.1) is 0 Å². The number of hydrogen-bond acceptors (Lipinski definition) is 3. The maximum Gasteiger partial charge on any atom is 0.363 e. The normalized spacial score (nSPS) is 15.6. The number of rotatable bonds is 2. The topological polar surface area (TPSA) is 38.7 Å². The van der Waals surface area contributed by atoms with E-state index < -0.39 is 5.97 Å². The van der Waals surface area contributed by atoms with Crippen molar-refractivity contribution in [1.82, 2.24) is 0 Å². The molecule has 0 atom stereocenters. The molecule has 116 valence electrons. The Balaban J connectivity index is 1.71. The van der Waals surface area contributed by atoms with Gasteiger partial charge in [0.15, 0.2) is 5.70 Å². The van der Waals surface area contributed by atoms with Crippen LogP contribution in [0.15, 0.2) is 81.9 Å². The Bertz CT molecular complexity index is 1020. The van der Waals surface area contributed by atoms with Gasteiger partial charge in [0.05, 0.1) is 0 Å². The molecule has 24 heavy (non-hydrogen) atoms. The molecule has 1 heterocycles. The summed E-state index contributed by atoms with van der Waals surface area (Å²) in [6.45, 7) is 0. The van der Waals surface area contributed by atoms with Gasteiger partial charge in [0.1, 0.15) is 0 Å². The number of hydrogen-bond donors (Lipinski definition) is 0. The highest BCUT2D eigenvalue weighted by atomic mass is 79.9. The van der Waals surface area contributed by atoms with Gasteiger partial charge in [-0.2, -0.15) is 0 Å². The van der Waals surface area contributed by atoms with Gasteiger partial charge in [0.25, 0.3) is 0 Å².